The number of hydrogen-bond acceptors (Lipinski definition) is 3. The molecule has 2 N–H and O–H groups in total. The van der Waals surface area contributed by atoms with Crippen LogP contribution in [0.2, 0.25) is 0 Å². The quantitative estimate of drug-likeness (QED) is 0.550. The topological polar surface area (TPSA) is 41.5 Å². The standard InChI is InChI=1S/C14H20FNO2/c1-11(2)10-18-7-6-16-9-14(17)12-4-3-5-13(15)8-12/h3-5,8,14,16-17H,1,6-7,9-10H2,2H3. The molecule has 4 heteroatoms. The number of hydrogen-bond donors (Lipinski definition) is 2. The molecular weight excluding hydrogens is 233 g/mol. The minimum Gasteiger partial charge on any atom is -0.387 e. The predicted octanol–water partition coefficient (Wildman–Crippen LogP) is 2.04. The van der Waals surface area contributed by atoms with Gasteiger partial charge in [-0.25, -0.2) is 4.39 Å². The first kappa shape index (κ1) is 14.8. The average molecular weight is 253 g/mol. The first-order valence-corrected chi connectivity index (χ1v) is 5.96. The van der Waals surface area contributed by atoms with Gasteiger partial charge in [0.2, 0.25) is 0 Å². The minimum atomic E-state index is -0.707. The molecule has 1 atom stereocenters. The van der Waals surface area contributed by atoms with E-state index >= 15 is 0 Å². The lowest BCUT2D eigenvalue weighted by molar-refractivity contribution is 0.143. The van der Waals surface area contributed by atoms with Gasteiger partial charge in [-0.05, 0) is 24.6 Å². The Labute approximate surface area is 107 Å². The number of aliphatic hydroxyl groups is 1. The fraction of sp³-hybridized carbons (Fsp3) is 0.429. The summed E-state index contributed by atoms with van der Waals surface area (Å²) in [4.78, 5) is 0. The van der Waals surface area contributed by atoms with Crippen LogP contribution in [0.5, 0.6) is 0 Å². The Morgan fingerprint density at radius 2 is 2.33 bits per heavy atom. The Balaban J connectivity index is 2.17. The molecular formula is C14H20FNO2. The van der Waals surface area contributed by atoms with Crippen molar-refractivity contribution in [3.63, 3.8) is 0 Å². The van der Waals surface area contributed by atoms with Crippen LogP contribution < -0.4 is 5.32 Å². The summed E-state index contributed by atoms with van der Waals surface area (Å²) in [6, 6.07) is 5.98. The summed E-state index contributed by atoms with van der Waals surface area (Å²) in [6.07, 6.45) is -0.707. The summed E-state index contributed by atoms with van der Waals surface area (Å²) in [6.45, 7) is 7.75. The third kappa shape index (κ3) is 5.91. The van der Waals surface area contributed by atoms with Crippen LogP contribution in [0.3, 0.4) is 0 Å². The largest absolute Gasteiger partial charge is 0.387 e. The zero-order valence-electron chi connectivity index (χ0n) is 10.7. The molecule has 0 amide bonds. The molecule has 1 unspecified atom stereocenters. The second kappa shape index (κ2) is 7.97. The second-order valence-electron chi connectivity index (χ2n) is 4.28. The maximum absolute atomic E-state index is 12.9. The van der Waals surface area contributed by atoms with E-state index in [0.717, 1.165) is 5.57 Å². The molecule has 0 saturated carbocycles. The number of rotatable bonds is 8. The van der Waals surface area contributed by atoms with Crippen LogP contribution in [0.4, 0.5) is 4.39 Å². The van der Waals surface area contributed by atoms with E-state index < -0.39 is 6.10 Å². The highest BCUT2D eigenvalue weighted by Crippen LogP contribution is 2.12. The maximum Gasteiger partial charge on any atom is 0.123 e. The van der Waals surface area contributed by atoms with Crippen molar-refractivity contribution >= 4 is 0 Å². The number of ether oxygens (including phenoxy) is 1. The molecule has 100 valence electrons. The normalized spacial score (nSPS) is 12.4. The summed E-state index contributed by atoms with van der Waals surface area (Å²) in [5.41, 5.74) is 1.56. The highest BCUT2D eigenvalue weighted by Gasteiger charge is 2.07. The van der Waals surface area contributed by atoms with Gasteiger partial charge < -0.3 is 15.2 Å². The van der Waals surface area contributed by atoms with Crippen LogP contribution in [0, 0.1) is 5.82 Å². The fourth-order valence-electron chi connectivity index (χ4n) is 1.46. The van der Waals surface area contributed by atoms with Gasteiger partial charge in [-0.2, -0.15) is 0 Å². The first-order valence-electron chi connectivity index (χ1n) is 5.96. The Morgan fingerprint density at radius 3 is 3.00 bits per heavy atom. The van der Waals surface area contributed by atoms with Crippen molar-refractivity contribution in [2.75, 3.05) is 26.3 Å². The number of benzene rings is 1. The van der Waals surface area contributed by atoms with Crippen molar-refractivity contribution in [3.8, 4) is 0 Å². The molecule has 0 aliphatic carbocycles. The van der Waals surface area contributed by atoms with E-state index in [1.807, 2.05) is 6.92 Å². The smallest absolute Gasteiger partial charge is 0.123 e. The summed E-state index contributed by atoms with van der Waals surface area (Å²) in [5, 5.41) is 12.9. The highest BCUT2D eigenvalue weighted by molar-refractivity contribution is 5.18. The first-order chi connectivity index (χ1) is 8.59. The van der Waals surface area contributed by atoms with E-state index in [4.69, 9.17) is 4.74 Å². The van der Waals surface area contributed by atoms with E-state index in [1.165, 1.54) is 12.1 Å². The van der Waals surface area contributed by atoms with Gasteiger partial charge in [-0.1, -0.05) is 24.3 Å². The molecule has 0 aromatic heterocycles. The fourth-order valence-corrected chi connectivity index (χ4v) is 1.46. The number of nitrogens with one attached hydrogen (secondary N) is 1. The number of aliphatic hydroxyl groups excluding tert-OH is 1. The highest BCUT2D eigenvalue weighted by atomic mass is 19.1. The monoisotopic (exact) mass is 253 g/mol. The molecule has 18 heavy (non-hydrogen) atoms. The Morgan fingerprint density at radius 1 is 1.56 bits per heavy atom. The summed E-state index contributed by atoms with van der Waals surface area (Å²) in [5.74, 6) is -0.337. The summed E-state index contributed by atoms with van der Waals surface area (Å²) in [7, 11) is 0. The van der Waals surface area contributed by atoms with Crippen molar-refractivity contribution < 1.29 is 14.2 Å². The minimum absolute atomic E-state index is 0.337. The van der Waals surface area contributed by atoms with Crippen LogP contribution in [0.25, 0.3) is 0 Å². The second-order valence-corrected chi connectivity index (χ2v) is 4.28. The van der Waals surface area contributed by atoms with Crippen molar-refractivity contribution in [3.05, 3.63) is 47.8 Å². The van der Waals surface area contributed by atoms with E-state index in [0.29, 0.717) is 31.9 Å². The van der Waals surface area contributed by atoms with Crippen LogP contribution in [-0.2, 0) is 4.74 Å². The van der Waals surface area contributed by atoms with Gasteiger partial charge in [-0.15, -0.1) is 0 Å². The lowest BCUT2D eigenvalue weighted by Crippen LogP contribution is -2.25. The van der Waals surface area contributed by atoms with E-state index in [1.54, 1.807) is 12.1 Å². The van der Waals surface area contributed by atoms with Gasteiger partial charge in [0.05, 0.1) is 19.3 Å². The van der Waals surface area contributed by atoms with Gasteiger partial charge in [-0.3, -0.25) is 0 Å². The molecule has 0 saturated heterocycles. The molecule has 0 aliphatic heterocycles. The van der Waals surface area contributed by atoms with Crippen molar-refractivity contribution in [2.45, 2.75) is 13.0 Å². The van der Waals surface area contributed by atoms with Crippen LogP contribution in [-0.4, -0.2) is 31.4 Å². The molecule has 0 heterocycles. The van der Waals surface area contributed by atoms with E-state index in [9.17, 15) is 9.50 Å². The predicted molar refractivity (Wildman–Crippen MR) is 69.9 cm³/mol. The van der Waals surface area contributed by atoms with Gasteiger partial charge in [0.1, 0.15) is 5.82 Å². The molecule has 1 aromatic carbocycles. The maximum atomic E-state index is 12.9. The Hall–Kier alpha value is -1.23. The molecule has 0 spiro atoms. The lowest BCUT2D eigenvalue weighted by Gasteiger charge is -2.12. The summed E-state index contributed by atoms with van der Waals surface area (Å²) >= 11 is 0. The molecule has 1 aromatic rings. The molecule has 0 radical (unpaired) electrons. The molecule has 0 fully saturated rings. The zero-order valence-corrected chi connectivity index (χ0v) is 10.7. The van der Waals surface area contributed by atoms with Crippen molar-refractivity contribution in [2.24, 2.45) is 0 Å². The molecule has 3 nitrogen and oxygen atoms in total. The van der Waals surface area contributed by atoms with E-state index in [-0.39, 0.29) is 5.82 Å². The SMILES string of the molecule is C=C(C)COCCNCC(O)c1cccc(F)c1. The van der Waals surface area contributed by atoms with Gasteiger partial charge in [0.15, 0.2) is 0 Å². The van der Waals surface area contributed by atoms with Crippen molar-refractivity contribution in [1.82, 2.24) is 5.32 Å². The summed E-state index contributed by atoms with van der Waals surface area (Å²) < 4.78 is 18.2. The molecule has 0 bridgehead atoms. The van der Waals surface area contributed by atoms with Gasteiger partial charge >= 0.3 is 0 Å². The molecule has 0 aliphatic rings. The van der Waals surface area contributed by atoms with Crippen molar-refractivity contribution in [1.29, 1.82) is 0 Å². The van der Waals surface area contributed by atoms with E-state index in [2.05, 4.69) is 11.9 Å². The van der Waals surface area contributed by atoms with Crippen LogP contribution in [0.15, 0.2) is 36.4 Å². The van der Waals surface area contributed by atoms with Crippen LogP contribution >= 0.6 is 0 Å². The lowest BCUT2D eigenvalue weighted by atomic mass is 10.1. The third-order valence-corrected chi connectivity index (χ3v) is 2.34. The van der Waals surface area contributed by atoms with Gasteiger partial charge in [0.25, 0.3) is 0 Å². The number of halogens is 1. The Bertz CT molecular complexity index is 382. The third-order valence-electron chi connectivity index (χ3n) is 2.34. The zero-order chi connectivity index (χ0) is 13.4. The molecule has 1 rings (SSSR count). The Kier molecular flexibility index (Phi) is 6.57. The van der Waals surface area contributed by atoms with Gasteiger partial charge in [0, 0.05) is 13.1 Å². The van der Waals surface area contributed by atoms with Crippen LogP contribution in [0.1, 0.15) is 18.6 Å². The average Bonchev–Trinajstić information content (AvgIpc) is 2.33.